The van der Waals surface area contributed by atoms with Crippen LogP contribution in [-0.2, 0) is 0 Å². The lowest BCUT2D eigenvalue weighted by Crippen LogP contribution is -1.21. The van der Waals surface area contributed by atoms with Crippen LogP contribution in [0.15, 0.2) is 37.4 Å². The smallest absolute Gasteiger partial charge is 0.00296 e. The van der Waals surface area contributed by atoms with Crippen molar-refractivity contribution in [2.75, 3.05) is 0 Å². The molecule has 0 nitrogen and oxygen atoms in total. The minimum atomic E-state index is 1.22. The highest BCUT2D eigenvalue weighted by Crippen LogP contribution is 1.60. The summed E-state index contributed by atoms with van der Waals surface area (Å²) in [6, 6.07) is 0. The molecule has 0 atom stereocenters. The standard InChI is InChI=1S/C4H6.C2H3Cl/c1-3-4-2;1-2-3/h3-4H,1-2H2;2H,1H2. The predicted octanol–water partition coefficient (Wildman–Crippen LogP) is 2.73. The molecule has 0 aliphatic carbocycles. The molecule has 0 aliphatic rings. The predicted molar refractivity (Wildman–Crippen MR) is 36.4 cm³/mol. The van der Waals surface area contributed by atoms with E-state index in [1.807, 2.05) is 0 Å². The molecule has 0 aromatic rings. The second-order valence-corrected chi connectivity index (χ2v) is 0.934. The Kier molecular flexibility index (Phi) is 24.7. The Labute approximate surface area is 49.8 Å². The molecule has 0 spiro atoms. The Bertz CT molecular complexity index is 49.2. The fourth-order valence-electron chi connectivity index (χ4n) is 0. The van der Waals surface area contributed by atoms with Gasteiger partial charge in [0.1, 0.15) is 0 Å². The molecule has 1 heteroatoms. The van der Waals surface area contributed by atoms with Crippen LogP contribution in [0.5, 0.6) is 0 Å². The molecule has 0 saturated heterocycles. The quantitative estimate of drug-likeness (QED) is 0.462. The van der Waals surface area contributed by atoms with Gasteiger partial charge in [0.05, 0.1) is 0 Å². The first-order chi connectivity index (χ1) is 3.33. The minimum Gasteiger partial charge on any atom is -0.0991 e. The van der Waals surface area contributed by atoms with Crippen LogP contribution in [0.3, 0.4) is 0 Å². The highest BCUT2D eigenvalue weighted by molar-refractivity contribution is 6.25. The molecule has 0 aromatic carbocycles. The molecule has 0 rings (SSSR count). The largest absolute Gasteiger partial charge is 0.0991 e. The lowest BCUT2D eigenvalue weighted by atomic mass is 10.6. The maximum Gasteiger partial charge on any atom is -0.00296 e. The summed E-state index contributed by atoms with van der Waals surface area (Å²) in [6.45, 7) is 9.85. The van der Waals surface area contributed by atoms with Gasteiger partial charge in [-0.05, 0) is 5.54 Å². The lowest BCUT2D eigenvalue weighted by molar-refractivity contribution is 2.15. The van der Waals surface area contributed by atoms with Gasteiger partial charge < -0.3 is 0 Å². The van der Waals surface area contributed by atoms with E-state index in [0.29, 0.717) is 0 Å². The average Bonchev–Trinajstić information content (AvgIpc) is 1.69. The fourth-order valence-corrected chi connectivity index (χ4v) is 0. The summed E-state index contributed by atoms with van der Waals surface area (Å²) >= 11 is 4.76. The normalized spacial score (nSPS) is 4.71. The van der Waals surface area contributed by atoms with Crippen LogP contribution in [0.4, 0.5) is 0 Å². The van der Waals surface area contributed by atoms with E-state index in [9.17, 15) is 0 Å². The maximum absolute atomic E-state index is 4.76. The molecule has 0 heterocycles. The van der Waals surface area contributed by atoms with Crippen molar-refractivity contribution in [2.45, 2.75) is 0 Å². The second kappa shape index (κ2) is 17.8. The maximum atomic E-state index is 4.76. The van der Waals surface area contributed by atoms with Crippen molar-refractivity contribution in [3.63, 3.8) is 0 Å². The van der Waals surface area contributed by atoms with E-state index in [2.05, 4.69) is 19.7 Å². The van der Waals surface area contributed by atoms with Crippen LogP contribution in [-0.4, -0.2) is 0 Å². The van der Waals surface area contributed by atoms with E-state index in [0.717, 1.165) is 0 Å². The van der Waals surface area contributed by atoms with Crippen LogP contribution < -0.4 is 0 Å². The minimum absolute atomic E-state index is 1.22. The second-order valence-electron chi connectivity index (χ2n) is 0.626. The van der Waals surface area contributed by atoms with Gasteiger partial charge in [0, 0.05) is 0 Å². The number of hydrogen-bond donors (Lipinski definition) is 0. The van der Waals surface area contributed by atoms with Crippen molar-refractivity contribution in [1.82, 2.24) is 0 Å². The van der Waals surface area contributed by atoms with Crippen LogP contribution in [0.2, 0.25) is 0 Å². The summed E-state index contributed by atoms with van der Waals surface area (Å²) in [7, 11) is 0. The van der Waals surface area contributed by atoms with Gasteiger partial charge in [-0.15, -0.1) is 0 Å². The van der Waals surface area contributed by atoms with Gasteiger partial charge in [0.25, 0.3) is 0 Å². The zero-order valence-electron chi connectivity index (χ0n) is 4.23. The zero-order valence-corrected chi connectivity index (χ0v) is 4.99. The van der Waals surface area contributed by atoms with E-state index in [1.165, 1.54) is 5.54 Å². The van der Waals surface area contributed by atoms with E-state index < -0.39 is 0 Å². The monoisotopic (exact) mass is 116 g/mol. The van der Waals surface area contributed by atoms with E-state index in [4.69, 9.17) is 11.6 Å². The molecule has 40 valence electrons. The zero-order chi connectivity index (χ0) is 6.12. The van der Waals surface area contributed by atoms with Gasteiger partial charge in [0.15, 0.2) is 0 Å². The first-order valence-electron chi connectivity index (χ1n) is 1.78. The Balaban J connectivity index is 0. The molecule has 0 fully saturated rings. The summed E-state index contributed by atoms with van der Waals surface area (Å²) in [6.07, 6.45) is 3.28. The van der Waals surface area contributed by atoms with E-state index in [1.54, 1.807) is 12.2 Å². The first-order valence-corrected chi connectivity index (χ1v) is 2.21. The van der Waals surface area contributed by atoms with Crippen LogP contribution in [0.25, 0.3) is 0 Å². The molecule has 0 aromatic heterocycles. The Morgan fingerprint density at radius 1 is 1.00 bits per heavy atom. The van der Waals surface area contributed by atoms with Gasteiger partial charge in [-0.1, -0.05) is 43.5 Å². The molecule has 0 bridgehead atoms. The topological polar surface area (TPSA) is 0 Å². The third kappa shape index (κ3) is 261. The van der Waals surface area contributed by atoms with Crippen LogP contribution in [0.1, 0.15) is 0 Å². The number of hydrogen-bond acceptors (Lipinski definition) is 0. The van der Waals surface area contributed by atoms with Gasteiger partial charge in [-0.2, -0.15) is 0 Å². The summed E-state index contributed by atoms with van der Waals surface area (Å²) in [5, 5.41) is 0. The molecule has 0 saturated carbocycles. The number of allylic oxidation sites excluding steroid dienone is 2. The first kappa shape index (κ1) is 9.72. The van der Waals surface area contributed by atoms with Crippen molar-refractivity contribution in [3.8, 4) is 0 Å². The van der Waals surface area contributed by atoms with Crippen LogP contribution in [0, 0.1) is 0 Å². The Morgan fingerprint density at radius 2 is 1.14 bits per heavy atom. The molecule has 7 heavy (non-hydrogen) atoms. The van der Waals surface area contributed by atoms with Crippen molar-refractivity contribution < 1.29 is 0 Å². The van der Waals surface area contributed by atoms with Gasteiger partial charge in [-0.3, -0.25) is 0 Å². The summed E-state index contributed by atoms with van der Waals surface area (Å²) in [4.78, 5) is 0. The SMILES string of the molecule is C=CC=C.C=CCl. The highest BCUT2D eigenvalue weighted by atomic mass is 35.5. The summed E-state index contributed by atoms with van der Waals surface area (Å²) in [5.41, 5.74) is 1.22. The van der Waals surface area contributed by atoms with Crippen molar-refractivity contribution in [2.24, 2.45) is 0 Å². The van der Waals surface area contributed by atoms with Gasteiger partial charge >= 0.3 is 0 Å². The van der Waals surface area contributed by atoms with Crippen molar-refractivity contribution in [3.05, 3.63) is 37.4 Å². The van der Waals surface area contributed by atoms with Crippen molar-refractivity contribution >= 4 is 11.6 Å². The number of rotatable bonds is 1. The molecular formula is C6H9Cl. The van der Waals surface area contributed by atoms with Crippen LogP contribution >= 0.6 is 11.6 Å². The van der Waals surface area contributed by atoms with Gasteiger partial charge in [0.2, 0.25) is 0 Å². The Morgan fingerprint density at radius 3 is 1.14 bits per heavy atom. The van der Waals surface area contributed by atoms with Crippen molar-refractivity contribution in [1.29, 1.82) is 0 Å². The van der Waals surface area contributed by atoms with E-state index in [-0.39, 0.29) is 0 Å². The molecule has 0 unspecified atom stereocenters. The lowest BCUT2D eigenvalue weighted by Gasteiger charge is -1.44. The highest BCUT2D eigenvalue weighted by Gasteiger charge is 1.29. The number of halogens is 1. The summed E-state index contributed by atoms with van der Waals surface area (Å²) < 4.78 is 0. The third-order valence-corrected chi connectivity index (χ3v) is 0.167. The van der Waals surface area contributed by atoms with Gasteiger partial charge in [-0.25, -0.2) is 0 Å². The van der Waals surface area contributed by atoms with E-state index >= 15 is 0 Å². The molecule has 0 amide bonds. The Hall–Kier alpha value is -0.490. The summed E-state index contributed by atoms with van der Waals surface area (Å²) in [5.74, 6) is 0. The average molecular weight is 117 g/mol. The molecule has 0 aliphatic heterocycles. The molecule has 0 radical (unpaired) electrons. The molecule has 0 N–H and O–H groups in total. The molecular weight excluding hydrogens is 108 g/mol. The fraction of sp³-hybridized carbons (Fsp3) is 0. The third-order valence-electron chi connectivity index (χ3n) is 0.167.